The topological polar surface area (TPSA) is 27.1 Å². The van der Waals surface area contributed by atoms with Crippen molar-refractivity contribution < 1.29 is 17.9 Å². The van der Waals surface area contributed by atoms with E-state index in [9.17, 15) is 13.2 Å². The van der Waals surface area contributed by atoms with Crippen LogP contribution >= 0.6 is 22.6 Å². The lowest BCUT2D eigenvalue weighted by molar-refractivity contribution is -0.325. The Labute approximate surface area is 92.4 Å². The Hall–Kier alpha value is -0.310. The van der Waals surface area contributed by atoms with Crippen LogP contribution in [0.4, 0.5) is 13.2 Å². The fourth-order valence-corrected chi connectivity index (χ4v) is 1.28. The molecule has 0 saturated heterocycles. The number of hydrogen-bond acceptors (Lipinski definition) is 2. The molecule has 0 bridgehead atoms. The summed E-state index contributed by atoms with van der Waals surface area (Å²) in [7, 11) is 0. The molecule has 0 aliphatic rings. The Morgan fingerprint density at radius 2 is 2.21 bits per heavy atom. The van der Waals surface area contributed by atoms with Gasteiger partial charge in [-0.05, 0) is 29.5 Å². The van der Waals surface area contributed by atoms with Gasteiger partial charge in [0, 0.05) is 11.8 Å². The van der Waals surface area contributed by atoms with Crippen LogP contribution in [-0.4, -0.2) is 22.7 Å². The molecule has 14 heavy (non-hydrogen) atoms. The molecule has 0 aromatic carbocycles. The molecule has 1 aromatic heterocycles. The Bertz CT molecular complexity index is 291. The maximum Gasteiger partial charge on any atom is 0.522 e. The summed E-state index contributed by atoms with van der Waals surface area (Å²) >= 11 is 2.02. The molecule has 80 valence electrons. The van der Waals surface area contributed by atoms with Crippen molar-refractivity contribution in [1.82, 2.24) is 9.78 Å². The molecule has 1 aromatic rings. The number of ether oxygens (including phenoxy) is 1. The van der Waals surface area contributed by atoms with Crippen LogP contribution in [0.3, 0.4) is 0 Å². The van der Waals surface area contributed by atoms with Gasteiger partial charge >= 0.3 is 6.36 Å². The molecule has 0 N–H and O–H groups in total. The fraction of sp³-hybridized carbons (Fsp3) is 0.571. The minimum Gasteiger partial charge on any atom is -0.290 e. The van der Waals surface area contributed by atoms with Crippen molar-refractivity contribution in [3.05, 3.63) is 15.5 Å². The van der Waals surface area contributed by atoms with Crippen LogP contribution < -0.4 is 0 Å². The van der Waals surface area contributed by atoms with Crippen LogP contribution in [0.2, 0.25) is 0 Å². The van der Waals surface area contributed by atoms with E-state index in [1.165, 1.54) is 4.68 Å². The maximum absolute atomic E-state index is 11.6. The van der Waals surface area contributed by atoms with Crippen LogP contribution in [-0.2, 0) is 11.3 Å². The van der Waals surface area contributed by atoms with E-state index >= 15 is 0 Å². The molecule has 0 aliphatic carbocycles. The second kappa shape index (κ2) is 4.47. The lowest BCUT2D eigenvalue weighted by Crippen LogP contribution is -2.17. The summed E-state index contributed by atoms with van der Waals surface area (Å²) in [5, 5.41) is 3.99. The van der Waals surface area contributed by atoms with E-state index in [-0.39, 0.29) is 6.54 Å². The van der Waals surface area contributed by atoms with Crippen LogP contribution in [0.1, 0.15) is 5.56 Å². The third-order valence-corrected chi connectivity index (χ3v) is 2.54. The largest absolute Gasteiger partial charge is 0.522 e. The van der Waals surface area contributed by atoms with E-state index in [2.05, 4.69) is 9.84 Å². The molecule has 0 atom stereocenters. The summed E-state index contributed by atoms with van der Waals surface area (Å²) in [5.74, 6) is 0. The van der Waals surface area contributed by atoms with Crippen molar-refractivity contribution in [2.45, 2.75) is 19.8 Å². The van der Waals surface area contributed by atoms with Crippen molar-refractivity contribution in [2.75, 3.05) is 6.61 Å². The molecule has 0 fully saturated rings. The summed E-state index contributed by atoms with van der Waals surface area (Å²) < 4.78 is 40.6. The van der Waals surface area contributed by atoms with Gasteiger partial charge in [0.25, 0.3) is 0 Å². The van der Waals surface area contributed by atoms with Gasteiger partial charge in [0.1, 0.15) is 3.70 Å². The quantitative estimate of drug-likeness (QED) is 0.800. The molecular formula is C7H8F3IN2O. The van der Waals surface area contributed by atoms with E-state index in [1.807, 2.05) is 29.5 Å². The first-order valence-electron chi connectivity index (χ1n) is 3.79. The molecular weight excluding hydrogens is 312 g/mol. The third kappa shape index (κ3) is 3.82. The van der Waals surface area contributed by atoms with E-state index in [0.29, 0.717) is 0 Å². The van der Waals surface area contributed by atoms with Crippen LogP contribution in [0.15, 0.2) is 6.20 Å². The number of halogens is 4. The first kappa shape index (κ1) is 11.8. The zero-order valence-electron chi connectivity index (χ0n) is 7.31. The summed E-state index contributed by atoms with van der Waals surface area (Å²) in [6, 6.07) is 0. The summed E-state index contributed by atoms with van der Waals surface area (Å²) in [6.45, 7) is 1.53. The third-order valence-electron chi connectivity index (χ3n) is 1.47. The second-order valence-electron chi connectivity index (χ2n) is 2.66. The van der Waals surface area contributed by atoms with Gasteiger partial charge in [-0.3, -0.25) is 9.42 Å². The molecule has 0 unspecified atom stereocenters. The molecule has 0 amide bonds. The highest BCUT2D eigenvalue weighted by molar-refractivity contribution is 14.1. The Morgan fingerprint density at radius 3 is 2.64 bits per heavy atom. The normalized spacial score (nSPS) is 12.1. The molecule has 0 aliphatic heterocycles. The van der Waals surface area contributed by atoms with Crippen molar-refractivity contribution >= 4 is 22.6 Å². The van der Waals surface area contributed by atoms with Gasteiger partial charge in [0.2, 0.25) is 0 Å². The number of nitrogens with zero attached hydrogens (tertiary/aromatic N) is 2. The van der Waals surface area contributed by atoms with Gasteiger partial charge in [-0.1, -0.05) is 0 Å². The van der Waals surface area contributed by atoms with Gasteiger partial charge < -0.3 is 0 Å². The Balaban J connectivity index is 2.39. The Kier molecular flexibility index (Phi) is 3.76. The number of rotatable bonds is 3. The van der Waals surface area contributed by atoms with Crippen molar-refractivity contribution in [3.63, 3.8) is 0 Å². The second-order valence-corrected chi connectivity index (χ2v) is 3.68. The molecule has 0 saturated carbocycles. The number of aryl methyl sites for hydroxylation is 1. The predicted octanol–water partition coefficient (Wildman–Crippen LogP) is 2.33. The highest BCUT2D eigenvalue weighted by Gasteiger charge is 2.28. The summed E-state index contributed by atoms with van der Waals surface area (Å²) in [6.07, 6.45) is -2.88. The van der Waals surface area contributed by atoms with E-state index < -0.39 is 13.0 Å². The molecule has 7 heteroatoms. The van der Waals surface area contributed by atoms with E-state index in [0.717, 1.165) is 9.26 Å². The number of hydrogen-bond donors (Lipinski definition) is 0. The molecule has 1 rings (SSSR count). The van der Waals surface area contributed by atoms with Crippen LogP contribution in [0, 0.1) is 10.6 Å². The predicted molar refractivity (Wildman–Crippen MR) is 51.7 cm³/mol. The van der Waals surface area contributed by atoms with Gasteiger partial charge in [-0.25, -0.2) is 0 Å². The highest BCUT2D eigenvalue weighted by Crippen LogP contribution is 2.16. The lowest BCUT2D eigenvalue weighted by atomic mass is 10.4. The molecule has 0 spiro atoms. The maximum atomic E-state index is 11.6. The monoisotopic (exact) mass is 320 g/mol. The average molecular weight is 320 g/mol. The molecule has 1 heterocycles. The van der Waals surface area contributed by atoms with E-state index in [4.69, 9.17) is 0 Å². The van der Waals surface area contributed by atoms with E-state index in [1.54, 1.807) is 6.20 Å². The number of aromatic nitrogens is 2. The smallest absolute Gasteiger partial charge is 0.290 e. The standard InChI is InChI=1S/C7H8F3IN2O/c1-5-4-13(12-6(5)11)2-3-14-7(8,9)10/h4H,2-3H2,1H3. The van der Waals surface area contributed by atoms with Gasteiger partial charge in [0.05, 0.1) is 13.2 Å². The van der Waals surface area contributed by atoms with Gasteiger partial charge in [-0.15, -0.1) is 13.2 Å². The molecule has 3 nitrogen and oxygen atoms in total. The minimum absolute atomic E-state index is 0.101. The number of alkyl halides is 3. The zero-order valence-corrected chi connectivity index (χ0v) is 9.46. The van der Waals surface area contributed by atoms with Crippen molar-refractivity contribution in [2.24, 2.45) is 0 Å². The lowest BCUT2D eigenvalue weighted by Gasteiger charge is -2.06. The average Bonchev–Trinajstić information content (AvgIpc) is 2.28. The summed E-state index contributed by atoms with van der Waals surface area (Å²) in [5.41, 5.74) is 0.942. The van der Waals surface area contributed by atoms with Gasteiger partial charge in [-0.2, -0.15) is 5.10 Å². The van der Waals surface area contributed by atoms with Crippen LogP contribution in [0.5, 0.6) is 0 Å². The van der Waals surface area contributed by atoms with Crippen molar-refractivity contribution in [3.8, 4) is 0 Å². The fourth-order valence-electron chi connectivity index (χ4n) is 0.867. The first-order valence-corrected chi connectivity index (χ1v) is 4.86. The zero-order chi connectivity index (χ0) is 10.8. The van der Waals surface area contributed by atoms with Gasteiger partial charge in [0.15, 0.2) is 0 Å². The summed E-state index contributed by atoms with van der Waals surface area (Å²) in [4.78, 5) is 0. The van der Waals surface area contributed by atoms with Crippen molar-refractivity contribution in [1.29, 1.82) is 0 Å². The Morgan fingerprint density at radius 1 is 1.57 bits per heavy atom. The minimum atomic E-state index is -4.56. The molecule has 0 radical (unpaired) electrons. The van der Waals surface area contributed by atoms with Crippen LogP contribution in [0.25, 0.3) is 0 Å². The first-order chi connectivity index (χ1) is 6.38. The highest BCUT2D eigenvalue weighted by atomic mass is 127. The SMILES string of the molecule is Cc1cn(CCOC(F)(F)F)nc1I.